The Bertz CT molecular complexity index is 523. The van der Waals surface area contributed by atoms with Crippen LogP contribution in [0.5, 0.6) is 0 Å². The van der Waals surface area contributed by atoms with Crippen LogP contribution in [-0.2, 0) is 6.67 Å². The Morgan fingerprint density at radius 1 is 1.27 bits per heavy atom. The van der Waals surface area contributed by atoms with Crippen LogP contribution in [0.15, 0.2) is 36.5 Å². The summed E-state index contributed by atoms with van der Waals surface area (Å²) < 4.78 is 4.43. The van der Waals surface area contributed by atoms with Crippen molar-refractivity contribution < 1.29 is 4.58 Å². The molecule has 2 aromatic rings. The summed E-state index contributed by atoms with van der Waals surface area (Å²) in [5, 5.41) is 0. The first-order valence-corrected chi connectivity index (χ1v) is 5.03. The molecule has 0 N–H and O–H groups in total. The second kappa shape index (κ2) is 3.05. The van der Waals surface area contributed by atoms with E-state index in [4.69, 9.17) is 0 Å². The van der Waals surface area contributed by atoms with Gasteiger partial charge in [0.15, 0.2) is 6.21 Å². The van der Waals surface area contributed by atoms with Gasteiger partial charge in [-0.2, -0.15) is 4.58 Å². The van der Waals surface area contributed by atoms with Crippen LogP contribution in [-0.4, -0.2) is 20.3 Å². The Morgan fingerprint density at radius 2 is 2.07 bits per heavy atom. The molecule has 0 spiro atoms. The normalized spacial score (nSPS) is 13.8. The summed E-state index contributed by atoms with van der Waals surface area (Å²) in [6.07, 6.45) is 4.05. The molecular weight excluding hydrogens is 186 g/mol. The molecule has 3 nitrogen and oxygen atoms in total. The summed E-state index contributed by atoms with van der Waals surface area (Å²) in [7, 11) is 0. The summed E-state index contributed by atoms with van der Waals surface area (Å²) in [6, 6.07) is 10.4. The van der Waals surface area contributed by atoms with Crippen LogP contribution in [0, 0.1) is 6.92 Å². The van der Waals surface area contributed by atoms with Gasteiger partial charge in [-0.25, -0.2) is 4.98 Å². The summed E-state index contributed by atoms with van der Waals surface area (Å²) in [5.41, 5.74) is 2.40. The molecule has 74 valence electrons. The van der Waals surface area contributed by atoms with Gasteiger partial charge in [-0.3, -0.25) is 4.57 Å². The topological polar surface area (TPSA) is 20.8 Å². The van der Waals surface area contributed by atoms with E-state index in [0.717, 1.165) is 12.5 Å². The molecule has 0 bridgehead atoms. The number of fused-ring (bicyclic) bond motifs is 1. The summed E-state index contributed by atoms with van der Waals surface area (Å²) >= 11 is 0. The highest BCUT2D eigenvalue weighted by Gasteiger charge is 2.21. The van der Waals surface area contributed by atoms with Crippen molar-refractivity contribution in [1.29, 1.82) is 0 Å². The van der Waals surface area contributed by atoms with Crippen molar-refractivity contribution in [1.82, 2.24) is 9.55 Å². The summed E-state index contributed by atoms with van der Waals surface area (Å²) in [5.74, 6) is 1.07. The highest BCUT2D eigenvalue weighted by atomic mass is 15.3. The molecule has 0 aliphatic carbocycles. The maximum Gasteiger partial charge on any atom is 0.229 e. The minimum absolute atomic E-state index is 0.866. The van der Waals surface area contributed by atoms with Crippen molar-refractivity contribution in [2.24, 2.45) is 0 Å². The van der Waals surface area contributed by atoms with E-state index in [1.165, 1.54) is 11.4 Å². The highest BCUT2D eigenvalue weighted by molar-refractivity contribution is 5.75. The van der Waals surface area contributed by atoms with E-state index in [1.807, 2.05) is 19.2 Å². The van der Waals surface area contributed by atoms with Crippen LogP contribution < -0.4 is 0 Å². The molecule has 2 heterocycles. The number of hydrogen-bond acceptors (Lipinski definition) is 1. The number of benzene rings is 1. The van der Waals surface area contributed by atoms with Crippen molar-refractivity contribution >= 4 is 11.9 Å². The third-order valence-corrected chi connectivity index (χ3v) is 2.76. The smallest absolute Gasteiger partial charge is 0.229 e. The van der Waals surface area contributed by atoms with E-state index in [-0.39, 0.29) is 0 Å². The second-order valence-electron chi connectivity index (χ2n) is 3.73. The maximum atomic E-state index is 4.27. The predicted octanol–water partition coefficient (Wildman–Crippen LogP) is 1.93. The molecule has 15 heavy (non-hydrogen) atoms. The minimum Gasteiger partial charge on any atom is -0.266 e. The lowest BCUT2D eigenvalue weighted by molar-refractivity contribution is -0.463. The molecule has 3 heteroatoms. The number of nitrogens with zero attached hydrogens (tertiary/aromatic N) is 3. The average molecular weight is 198 g/mol. The molecule has 1 aromatic heterocycles. The quantitative estimate of drug-likeness (QED) is 0.641. The molecule has 0 amide bonds. The van der Waals surface area contributed by atoms with Gasteiger partial charge in [0.25, 0.3) is 0 Å². The number of imidazole rings is 1. The Kier molecular flexibility index (Phi) is 1.71. The molecule has 0 radical (unpaired) electrons. The van der Waals surface area contributed by atoms with E-state index in [2.05, 4.69) is 44.6 Å². The van der Waals surface area contributed by atoms with Crippen molar-refractivity contribution in [3.63, 3.8) is 0 Å². The predicted molar refractivity (Wildman–Crippen MR) is 58.5 cm³/mol. The van der Waals surface area contributed by atoms with Crippen molar-refractivity contribution in [3.05, 3.63) is 48.0 Å². The molecule has 3 rings (SSSR count). The van der Waals surface area contributed by atoms with Gasteiger partial charge in [-0.15, -0.1) is 0 Å². The fourth-order valence-corrected chi connectivity index (χ4v) is 1.90. The largest absolute Gasteiger partial charge is 0.266 e. The molecule has 1 aliphatic rings. The lowest BCUT2D eigenvalue weighted by atomic mass is 10.3. The standard InChI is InChI=1S/C12H12N3/c1-10-13-7-12-8-14(9-15(10)12)11-5-3-2-4-6-11/h2-8H,9H2,1H3/q+1. The zero-order valence-corrected chi connectivity index (χ0v) is 8.59. The average Bonchev–Trinajstić information content (AvgIpc) is 2.83. The fourth-order valence-electron chi connectivity index (χ4n) is 1.90. The first-order valence-electron chi connectivity index (χ1n) is 5.03. The number of aryl methyl sites for hydroxylation is 1. The van der Waals surface area contributed by atoms with Gasteiger partial charge < -0.3 is 0 Å². The van der Waals surface area contributed by atoms with E-state index in [0.29, 0.717) is 0 Å². The highest BCUT2D eigenvalue weighted by Crippen LogP contribution is 2.17. The van der Waals surface area contributed by atoms with Gasteiger partial charge in [-0.1, -0.05) is 18.2 Å². The van der Waals surface area contributed by atoms with Crippen LogP contribution >= 0.6 is 0 Å². The molecule has 1 aromatic carbocycles. The van der Waals surface area contributed by atoms with Gasteiger partial charge in [0, 0.05) is 12.1 Å². The van der Waals surface area contributed by atoms with E-state index >= 15 is 0 Å². The van der Waals surface area contributed by atoms with Gasteiger partial charge in [0.1, 0.15) is 11.5 Å². The lowest BCUT2D eigenvalue weighted by Crippen LogP contribution is -2.05. The van der Waals surface area contributed by atoms with Gasteiger partial charge in [0.2, 0.25) is 12.4 Å². The lowest BCUT2D eigenvalue weighted by Gasteiger charge is -1.98. The van der Waals surface area contributed by atoms with Crippen molar-refractivity contribution in [2.75, 3.05) is 0 Å². The Labute approximate surface area is 88.3 Å². The second-order valence-corrected chi connectivity index (χ2v) is 3.73. The first kappa shape index (κ1) is 8.41. The Balaban J connectivity index is 2.01. The van der Waals surface area contributed by atoms with E-state index in [1.54, 1.807) is 0 Å². The number of hydrogen-bond donors (Lipinski definition) is 0. The van der Waals surface area contributed by atoms with E-state index in [9.17, 15) is 0 Å². The Hall–Kier alpha value is -1.90. The first-order chi connectivity index (χ1) is 7.34. The van der Waals surface area contributed by atoms with Crippen molar-refractivity contribution in [3.8, 4) is 0 Å². The maximum absolute atomic E-state index is 4.27. The van der Waals surface area contributed by atoms with Gasteiger partial charge in [-0.05, 0) is 6.92 Å². The minimum atomic E-state index is 0.866. The molecule has 0 saturated carbocycles. The number of rotatable bonds is 1. The van der Waals surface area contributed by atoms with Gasteiger partial charge in [0.05, 0.1) is 6.20 Å². The monoisotopic (exact) mass is 198 g/mol. The van der Waals surface area contributed by atoms with Gasteiger partial charge >= 0.3 is 0 Å². The summed E-state index contributed by atoms with van der Waals surface area (Å²) in [6.45, 7) is 2.90. The molecule has 0 fully saturated rings. The number of aromatic nitrogens is 2. The SMILES string of the molecule is Cc1ncc2n1C[N+](c1ccccc1)=C2. The van der Waals surface area contributed by atoms with Crippen LogP contribution in [0.2, 0.25) is 0 Å². The Morgan fingerprint density at radius 3 is 2.80 bits per heavy atom. The molecule has 0 saturated heterocycles. The molecule has 1 aliphatic heterocycles. The fraction of sp³-hybridized carbons (Fsp3) is 0.167. The zero-order chi connectivity index (χ0) is 10.3. The van der Waals surface area contributed by atoms with Crippen LogP contribution in [0.3, 0.4) is 0 Å². The van der Waals surface area contributed by atoms with E-state index < -0.39 is 0 Å². The van der Waals surface area contributed by atoms with Crippen LogP contribution in [0.1, 0.15) is 11.5 Å². The third kappa shape index (κ3) is 1.28. The van der Waals surface area contributed by atoms with Crippen LogP contribution in [0.25, 0.3) is 0 Å². The zero-order valence-electron chi connectivity index (χ0n) is 8.59. The van der Waals surface area contributed by atoms with Crippen molar-refractivity contribution in [2.45, 2.75) is 13.6 Å². The third-order valence-electron chi connectivity index (χ3n) is 2.76. The molecular formula is C12H12N3+. The number of para-hydroxylation sites is 1. The summed E-state index contributed by atoms with van der Waals surface area (Å²) in [4.78, 5) is 4.27. The molecule has 0 unspecified atom stereocenters. The molecule has 0 atom stereocenters. The van der Waals surface area contributed by atoms with Crippen LogP contribution in [0.4, 0.5) is 5.69 Å².